The Morgan fingerprint density at radius 2 is 1.87 bits per heavy atom. The molecule has 4 nitrogen and oxygen atoms in total. The van der Waals surface area contributed by atoms with Crippen molar-refractivity contribution in [3.63, 3.8) is 0 Å². The van der Waals surface area contributed by atoms with Gasteiger partial charge >= 0.3 is 0 Å². The summed E-state index contributed by atoms with van der Waals surface area (Å²) in [6, 6.07) is 7.79. The van der Waals surface area contributed by atoms with Crippen LogP contribution in [0.3, 0.4) is 0 Å². The summed E-state index contributed by atoms with van der Waals surface area (Å²) in [5.41, 5.74) is 1.07. The van der Waals surface area contributed by atoms with Crippen molar-refractivity contribution in [1.29, 1.82) is 0 Å². The van der Waals surface area contributed by atoms with Crippen LogP contribution in [0, 0.1) is 12.8 Å². The lowest BCUT2D eigenvalue weighted by molar-refractivity contribution is 0.145. The van der Waals surface area contributed by atoms with Gasteiger partial charge in [-0.3, -0.25) is 4.90 Å². The van der Waals surface area contributed by atoms with E-state index in [9.17, 15) is 8.42 Å². The Kier molecular flexibility index (Phi) is 5.67. The number of rotatable bonds is 5. The first-order chi connectivity index (χ1) is 11.0. The van der Waals surface area contributed by atoms with E-state index in [1.54, 1.807) is 12.1 Å². The lowest BCUT2D eigenvalue weighted by atomic mass is 9.96. The molecule has 128 valence electrons. The molecule has 2 aliphatic rings. The van der Waals surface area contributed by atoms with Crippen molar-refractivity contribution in [2.24, 2.45) is 5.92 Å². The van der Waals surface area contributed by atoms with Crippen molar-refractivity contribution in [3.05, 3.63) is 29.8 Å². The Hall–Kier alpha value is -0.560. The molecule has 1 atom stereocenters. The van der Waals surface area contributed by atoms with Crippen molar-refractivity contribution < 1.29 is 8.42 Å². The van der Waals surface area contributed by atoms with E-state index in [0.717, 1.165) is 37.5 Å². The van der Waals surface area contributed by atoms with Crippen molar-refractivity contribution in [2.75, 3.05) is 31.1 Å². The van der Waals surface area contributed by atoms with Gasteiger partial charge in [0.2, 0.25) is 10.0 Å². The van der Waals surface area contributed by atoms with Crippen LogP contribution < -0.4 is 4.72 Å². The number of nitrogens with one attached hydrogen (secondary N) is 1. The number of benzene rings is 1. The highest BCUT2D eigenvalue weighted by Crippen LogP contribution is 2.26. The SMILES string of the molecule is Cc1ccc(S(=O)(=O)NCC2CCN(C3CCSC3)CC2)cc1. The third-order valence-electron chi connectivity index (χ3n) is 4.96. The van der Waals surface area contributed by atoms with Gasteiger partial charge in [-0.15, -0.1) is 0 Å². The standard InChI is InChI=1S/C17H26N2O2S2/c1-14-2-4-17(5-3-14)23(20,21)18-12-15-6-9-19(10-7-15)16-8-11-22-13-16/h2-5,15-16,18H,6-13H2,1H3. The second-order valence-corrected chi connectivity index (χ2v) is 9.58. The van der Waals surface area contributed by atoms with E-state index < -0.39 is 10.0 Å². The highest BCUT2D eigenvalue weighted by molar-refractivity contribution is 7.99. The normalized spacial score (nSPS) is 24.1. The van der Waals surface area contributed by atoms with Gasteiger partial charge in [-0.1, -0.05) is 17.7 Å². The van der Waals surface area contributed by atoms with Crippen LogP contribution in [0.15, 0.2) is 29.2 Å². The molecule has 0 aliphatic carbocycles. The molecule has 0 spiro atoms. The van der Waals surface area contributed by atoms with Crippen LogP contribution in [-0.4, -0.2) is 50.5 Å². The number of hydrogen-bond donors (Lipinski definition) is 1. The minimum Gasteiger partial charge on any atom is -0.300 e. The van der Waals surface area contributed by atoms with E-state index in [-0.39, 0.29) is 0 Å². The molecule has 6 heteroatoms. The molecule has 2 fully saturated rings. The minimum atomic E-state index is -3.37. The summed E-state index contributed by atoms with van der Waals surface area (Å²) in [5, 5.41) is 0. The van der Waals surface area contributed by atoms with E-state index in [2.05, 4.69) is 21.4 Å². The molecule has 1 unspecified atom stereocenters. The molecule has 0 amide bonds. The van der Waals surface area contributed by atoms with E-state index in [1.807, 2.05) is 19.1 Å². The molecular formula is C17H26N2O2S2. The number of nitrogens with zero attached hydrogens (tertiary/aromatic N) is 1. The Morgan fingerprint density at radius 3 is 2.48 bits per heavy atom. The molecule has 23 heavy (non-hydrogen) atoms. The van der Waals surface area contributed by atoms with Crippen LogP contribution in [0.25, 0.3) is 0 Å². The van der Waals surface area contributed by atoms with Gasteiger partial charge in [0, 0.05) is 18.3 Å². The Balaban J connectivity index is 1.48. The Labute approximate surface area is 144 Å². The average molecular weight is 355 g/mol. The van der Waals surface area contributed by atoms with Crippen molar-refractivity contribution >= 4 is 21.8 Å². The lowest BCUT2D eigenvalue weighted by Gasteiger charge is -2.35. The first-order valence-corrected chi connectivity index (χ1v) is 11.1. The van der Waals surface area contributed by atoms with Gasteiger partial charge in [-0.2, -0.15) is 11.8 Å². The summed E-state index contributed by atoms with van der Waals surface area (Å²) in [6.07, 6.45) is 3.50. The second-order valence-electron chi connectivity index (χ2n) is 6.66. The van der Waals surface area contributed by atoms with E-state index >= 15 is 0 Å². The quantitative estimate of drug-likeness (QED) is 0.883. The van der Waals surface area contributed by atoms with Gasteiger partial charge in [-0.05, 0) is 63.1 Å². The minimum absolute atomic E-state index is 0.364. The van der Waals surface area contributed by atoms with Crippen LogP contribution >= 0.6 is 11.8 Å². The average Bonchev–Trinajstić information content (AvgIpc) is 3.08. The van der Waals surface area contributed by atoms with Crippen molar-refractivity contribution in [3.8, 4) is 0 Å². The molecule has 2 saturated heterocycles. The molecule has 0 bridgehead atoms. The van der Waals surface area contributed by atoms with Crippen LogP contribution in [-0.2, 0) is 10.0 Å². The summed E-state index contributed by atoms with van der Waals surface area (Å²) in [4.78, 5) is 2.97. The zero-order chi connectivity index (χ0) is 16.3. The zero-order valence-corrected chi connectivity index (χ0v) is 15.3. The number of sulfonamides is 1. The molecule has 2 heterocycles. The zero-order valence-electron chi connectivity index (χ0n) is 13.7. The lowest BCUT2D eigenvalue weighted by Crippen LogP contribution is -2.43. The maximum Gasteiger partial charge on any atom is 0.240 e. The largest absolute Gasteiger partial charge is 0.300 e. The molecule has 0 saturated carbocycles. The van der Waals surface area contributed by atoms with Crippen molar-refractivity contribution in [2.45, 2.75) is 37.1 Å². The molecule has 2 aliphatic heterocycles. The van der Waals surface area contributed by atoms with Crippen molar-refractivity contribution in [1.82, 2.24) is 9.62 Å². The maximum absolute atomic E-state index is 12.3. The highest BCUT2D eigenvalue weighted by Gasteiger charge is 2.28. The summed E-state index contributed by atoms with van der Waals surface area (Å²) in [5.74, 6) is 3.02. The summed E-state index contributed by atoms with van der Waals surface area (Å²) in [7, 11) is -3.37. The topological polar surface area (TPSA) is 49.4 Å². The molecule has 1 N–H and O–H groups in total. The van der Waals surface area contributed by atoms with Gasteiger partial charge in [0.1, 0.15) is 0 Å². The number of piperidine rings is 1. The van der Waals surface area contributed by atoms with Gasteiger partial charge in [0.05, 0.1) is 4.90 Å². The molecule has 1 aromatic rings. The summed E-state index contributed by atoms with van der Waals surface area (Å²) < 4.78 is 27.5. The fourth-order valence-electron chi connectivity index (χ4n) is 3.36. The molecule has 0 radical (unpaired) electrons. The first-order valence-electron chi connectivity index (χ1n) is 8.43. The summed E-state index contributed by atoms with van der Waals surface area (Å²) >= 11 is 2.06. The predicted octanol–water partition coefficient (Wildman–Crippen LogP) is 2.49. The number of likely N-dealkylation sites (tertiary alicyclic amines) is 1. The number of thioether (sulfide) groups is 1. The highest BCUT2D eigenvalue weighted by atomic mass is 32.2. The third-order valence-corrected chi connectivity index (χ3v) is 7.55. The Morgan fingerprint density at radius 1 is 1.17 bits per heavy atom. The first kappa shape index (κ1) is 17.3. The number of hydrogen-bond acceptors (Lipinski definition) is 4. The van der Waals surface area contributed by atoms with Gasteiger partial charge in [0.25, 0.3) is 0 Å². The number of aryl methyl sites for hydroxylation is 1. The van der Waals surface area contributed by atoms with Gasteiger partial charge < -0.3 is 0 Å². The monoisotopic (exact) mass is 354 g/mol. The van der Waals surface area contributed by atoms with Crippen LogP contribution in [0.4, 0.5) is 0 Å². The fraction of sp³-hybridized carbons (Fsp3) is 0.647. The predicted molar refractivity (Wildman–Crippen MR) is 96.4 cm³/mol. The van der Waals surface area contributed by atoms with E-state index in [1.165, 1.54) is 17.9 Å². The molecular weight excluding hydrogens is 328 g/mol. The van der Waals surface area contributed by atoms with Gasteiger partial charge in [0.15, 0.2) is 0 Å². The summed E-state index contributed by atoms with van der Waals surface area (Å²) in [6.45, 7) is 4.74. The fourth-order valence-corrected chi connectivity index (χ4v) is 5.73. The smallest absolute Gasteiger partial charge is 0.240 e. The van der Waals surface area contributed by atoms with E-state index in [4.69, 9.17) is 0 Å². The third kappa shape index (κ3) is 4.50. The molecule has 3 rings (SSSR count). The second kappa shape index (κ2) is 7.55. The maximum atomic E-state index is 12.3. The molecule has 1 aromatic carbocycles. The van der Waals surface area contributed by atoms with Gasteiger partial charge in [-0.25, -0.2) is 13.1 Å². The van der Waals surface area contributed by atoms with Crippen LogP contribution in [0.5, 0.6) is 0 Å². The van der Waals surface area contributed by atoms with Crippen LogP contribution in [0.2, 0.25) is 0 Å². The van der Waals surface area contributed by atoms with E-state index in [0.29, 0.717) is 17.4 Å². The van der Waals surface area contributed by atoms with Crippen LogP contribution in [0.1, 0.15) is 24.8 Å². The Bertz CT molecular complexity index is 602. The molecule has 0 aromatic heterocycles.